The van der Waals surface area contributed by atoms with Crippen molar-refractivity contribution in [3.63, 3.8) is 0 Å². The Hall–Kier alpha value is -3.41. The number of aromatic nitrogens is 3. The molecule has 0 radical (unpaired) electrons. The van der Waals surface area contributed by atoms with E-state index in [0.29, 0.717) is 11.5 Å². The Labute approximate surface area is 193 Å². The van der Waals surface area contributed by atoms with E-state index in [1.54, 1.807) is 17.1 Å². The number of amides is 1. The molecule has 0 N–H and O–H groups in total. The smallest absolute Gasteiger partial charge is 0.425 e. The zero-order valence-electron chi connectivity index (χ0n) is 18.5. The van der Waals surface area contributed by atoms with E-state index in [9.17, 15) is 26.4 Å². The van der Waals surface area contributed by atoms with Crippen LogP contribution in [-0.2, 0) is 22.9 Å². The molecule has 0 saturated heterocycles. The van der Waals surface area contributed by atoms with Crippen LogP contribution in [0.4, 0.5) is 13.2 Å². The van der Waals surface area contributed by atoms with Gasteiger partial charge in [0, 0.05) is 30.8 Å². The molecule has 1 unspecified atom stereocenters. The van der Waals surface area contributed by atoms with Crippen LogP contribution < -0.4 is 4.74 Å². The number of halogens is 3. The topological polar surface area (TPSA) is 94.4 Å². The third kappa shape index (κ3) is 4.76. The molecular formula is C22H21F3N4O4S. The lowest BCUT2D eigenvalue weighted by Gasteiger charge is -2.22. The van der Waals surface area contributed by atoms with E-state index in [4.69, 9.17) is 4.74 Å². The average molecular weight is 494 g/mol. The number of fused-ring (bicyclic) bond motifs is 1. The Morgan fingerprint density at radius 1 is 1.18 bits per heavy atom. The zero-order valence-corrected chi connectivity index (χ0v) is 19.3. The van der Waals surface area contributed by atoms with Crippen molar-refractivity contribution in [2.24, 2.45) is 0 Å². The van der Waals surface area contributed by atoms with Gasteiger partial charge in [-0.3, -0.25) is 4.79 Å². The zero-order chi connectivity index (χ0) is 24.8. The maximum Gasteiger partial charge on any atom is 0.425 e. The summed E-state index contributed by atoms with van der Waals surface area (Å²) in [5.41, 5.74) is 2.10. The van der Waals surface area contributed by atoms with E-state index in [0.717, 1.165) is 42.5 Å². The molecule has 0 spiro atoms. The number of sulfone groups is 1. The molecule has 8 nitrogen and oxygen atoms in total. The number of benzene rings is 1. The standard InChI is InChI=1S/C22H21F3N4O4S/c1-13-6-7-26-20(8-13)29-11-15-10-28(12-18(15)27-29)21(30)17-9-16(34(3,31)32)4-5-19(17)33-14(2)22(23,24)25/h4-9,11,14H,10,12H2,1-3H3. The average Bonchev–Trinajstić information content (AvgIpc) is 3.31. The van der Waals surface area contributed by atoms with Gasteiger partial charge in [-0.1, -0.05) is 0 Å². The van der Waals surface area contributed by atoms with Crippen molar-refractivity contribution < 1.29 is 31.1 Å². The summed E-state index contributed by atoms with van der Waals surface area (Å²) >= 11 is 0. The van der Waals surface area contributed by atoms with Gasteiger partial charge in [0.15, 0.2) is 21.8 Å². The van der Waals surface area contributed by atoms with Gasteiger partial charge >= 0.3 is 6.18 Å². The Morgan fingerprint density at radius 3 is 2.53 bits per heavy atom. The van der Waals surface area contributed by atoms with Gasteiger partial charge in [0.1, 0.15) is 5.75 Å². The number of alkyl halides is 3. The number of carbonyl (C=O) groups is 1. The van der Waals surface area contributed by atoms with Crippen LogP contribution in [-0.4, -0.2) is 52.5 Å². The Bertz CT molecular complexity index is 1350. The van der Waals surface area contributed by atoms with E-state index in [1.165, 1.54) is 4.90 Å². The van der Waals surface area contributed by atoms with Crippen LogP contribution in [0.15, 0.2) is 47.6 Å². The van der Waals surface area contributed by atoms with Crippen LogP contribution in [0, 0.1) is 6.92 Å². The van der Waals surface area contributed by atoms with Crippen molar-refractivity contribution in [2.75, 3.05) is 6.26 Å². The van der Waals surface area contributed by atoms with Crippen molar-refractivity contribution in [1.29, 1.82) is 0 Å². The maximum atomic E-state index is 13.3. The SMILES string of the molecule is Cc1ccnc(-n2cc3c(n2)CN(C(=O)c2cc(S(C)(=O)=O)ccc2OC(C)C(F)(F)F)C3)c1. The molecule has 1 aliphatic rings. The molecule has 4 rings (SSSR count). The molecule has 0 bridgehead atoms. The van der Waals surface area contributed by atoms with Crippen molar-refractivity contribution in [1.82, 2.24) is 19.7 Å². The van der Waals surface area contributed by atoms with E-state index in [2.05, 4.69) is 10.1 Å². The van der Waals surface area contributed by atoms with Gasteiger partial charge in [-0.05, 0) is 49.7 Å². The molecule has 3 aromatic rings. The van der Waals surface area contributed by atoms with E-state index in [1.807, 2.05) is 19.1 Å². The van der Waals surface area contributed by atoms with Crippen LogP contribution in [0.3, 0.4) is 0 Å². The molecule has 0 aliphatic carbocycles. The first-order chi connectivity index (χ1) is 15.8. The molecular weight excluding hydrogens is 473 g/mol. The molecule has 0 saturated carbocycles. The molecule has 2 aromatic heterocycles. The fourth-order valence-electron chi connectivity index (χ4n) is 3.50. The first-order valence-corrected chi connectivity index (χ1v) is 12.1. The first kappa shape index (κ1) is 23.7. The van der Waals surface area contributed by atoms with Crippen molar-refractivity contribution in [2.45, 2.75) is 44.1 Å². The molecule has 1 aliphatic heterocycles. The summed E-state index contributed by atoms with van der Waals surface area (Å²) in [5.74, 6) is -0.390. The van der Waals surface area contributed by atoms with Crippen LogP contribution in [0.1, 0.15) is 34.1 Å². The number of rotatable bonds is 5. The van der Waals surface area contributed by atoms with E-state index < -0.39 is 28.0 Å². The predicted molar refractivity (Wildman–Crippen MR) is 115 cm³/mol. The summed E-state index contributed by atoms with van der Waals surface area (Å²) in [6, 6.07) is 6.94. The highest BCUT2D eigenvalue weighted by atomic mass is 32.2. The minimum absolute atomic E-state index is 0.102. The first-order valence-electron chi connectivity index (χ1n) is 10.2. The third-order valence-corrected chi connectivity index (χ3v) is 6.49. The second-order valence-electron chi connectivity index (χ2n) is 8.13. The number of hydrogen-bond acceptors (Lipinski definition) is 6. The highest BCUT2D eigenvalue weighted by Gasteiger charge is 2.39. The third-order valence-electron chi connectivity index (χ3n) is 5.38. The monoisotopic (exact) mass is 494 g/mol. The van der Waals surface area contributed by atoms with Crippen LogP contribution in [0.2, 0.25) is 0 Å². The van der Waals surface area contributed by atoms with Gasteiger partial charge in [0.2, 0.25) is 0 Å². The van der Waals surface area contributed by atoms with Gasteiger partial charge in [-0.15, -0.1) is 0 Å². The number of nitrogens with zero attached hydrogens (tertiary/aromatic N) is 4. The van der Waals surface area contributed by atoms with E-state index in [-0.39, 0.29) is 29.3 Å². The van der Waals surface area contributed by atoms with Crippen molar-refractivity contribution in [3.8, 4) is 11.6 Å². The maximum absolute atomic E-state index is 13.3. The summed E-state index contributed by atoms with van der Waals surface area (Å²) in [4.78, 5) is 18.7. The van der Waals surface area contributed by atoms with Crippen molar-refractivity contribution in [3.05, 3.63) is 65.1 Å². The Balaban J connectivity index is 1.62. The van der Waals surface area contributed by atoms with Gasteiger partial charge in [0.25, 0.3) is 5.91 Å². The van der Waals surface area contributed by atoms with Gasteiger partial charge in [-0.25, -0.2) is 18.1 Å². The molecule has 1 atom stereocenters. The molecule has 34 heavy (non-hydrogen) atoms. The summed E-state index contributed by atoms with van der Waals surface area (Å²) in [6.45, 7) is 2.99. The minimum Gasteiger partial charge on any atom is -0.480 e. The quantitative estimate of drug-likeness (QED) is 0.539. The Kier molecular flexibility index (Phi) is 5.88. The summed E-state index contributed by atoms with van der Waals surface area (Å²) in [6.07, 6.45) is -2.51. The number of pyridine rings is 1. The molecule has 180 valence electrons. The lowest BCUT2D eigenvalue weighted by Crippen LogP contribution is -2.33. The lowest BCUT2D eigenvalue weighted by molar-refractivity contribution is -0.189. The minimum atomic E-state index is -4.66. The normalized spacial score (nSPS) is 14.7. The fraction of sp³-hybridized carbons (Fsp3) is 0.318. The van der Waals surface area contributed by atoms with Crippen LogP contribution >= 0.6 is 0 Å². The summed E-state index contributed by atoms with van der Waals surface area (Å²) < 4.78 is 69.7. The molecule has 0 fully saturated rings. The summed E-state index contributed by atoms with van der Waals surface area (Å²) in [5, 5.41) is 4.47. The van der Waals surface area contributed by atoms with Gasteiger partial charge < -0.3 is 9.64 Å². The number of carbonyl (C=O) groups excluding carboxylic acids is 1. The predicted octanol–water partition coefficient (Wildman–Crippen LogP) is 3.46. The van der Waals surface area contributed by atoms with Gasteiger partial charge in [0.05, 0.1) is 22.7 Å². The number of aryl methyl sites for hydroxylation is 1. The Morgan fingerprint density at radius 2 is 1.91 bits per heavy atom. The second-order valence-corrected chi connectivity index (χ2v) is 10.1. The van der Waals surface area contributed by atoms with Crippen LogP contribution in [0.25, 0.3) is 5.82 Å². The molecule has 1 amide bonds. The highest BCUT2D eigenvalue weighted by molar-refractivity contribution is 7.90. The summed E-state index contributed by atoms with van der Waals surface area (Å²) in [7, 11) is -3.71. The van der Waals surface area contributed by atoms with Gasteiger partial charge in [-0.2, -0.15) is 18.3 Å². The molecule has 12 heteroatoms. The van der Waals surface area contributed by atoms with Crippen LogP contribution in [0.5, 0.6) is 5.75 Å². The largest absolute Gasteiger partial charge is 0.480 e. The molecule has 1 aromatic carbocycles. The fourth-order valence-corrected chi connectivity index (χ4v) is 4.14. The molecule has 3 heterocycles. The van der Waals surface area contributed by atoms with E-state index >= 15 is 0 Å². The number of ether oxygens (including phenoxy) is 1. The van der Waals surface area contributed by atoms with Crippen molar-refractivity contribution >= 4 is 15.7 Å². The second kappa shape index (κ2) is 8.42. The highest BCUT2D eigenvalue weighted by Crippen LogP contribution is 2.32. The number of hydrogen-bond donors (Lipinski definition) is 0. The lowest BCUT2D eigenvalue weighted by atomic mass is 10.1.